The molecule has 2 aromatic carbocycles. The van der Waals surface area contributed by atoms with Crippen molar-refractivity contribution in [2.75, 3.05) is 0 Å². The first kappa shape index (κ1) is 22.3. The van der Waals surface area contributed by atoms with Gasteiger partial charge in [-0.15, -0.1) is 5.10 Å². The van der Waals surface area contributed by atoms with Gasteiger partial charge in [-0.05, 0) is 97.6 Å². The molecular formula is C29H33N3O3. The molecule has 0 aliphatic heterocycles. The van der Waals surface area contributed by atoms with E-state index in [0.29, 0.717) is 41.6 Å². The molecule has 35 heavy (non-hydrogen) atoms. The van der Waals surface area contributed by atoms with Gasteiger partial charge >= 0.3 is 0 Å². The van der Waals surface area contributed by atoms with Crippen molar-refractivity contribution in [3.05, 3.63) is 59.8 Å². The summed E-state index contributed by atoms with van der Waals surface area (Å²) in [4.78, 5) is 13.2. The van der Waals surface area contributed by atoms with E-state index >= 15 is 0 Å². The summed E-state index contributed by atoms with van der Waals surface area (Å²) in [5.41, 5.74) is 4.13. The summed E-state index contributed by atoms with van der Waals surface area (Å²) in [6.45, 7) is 3.01. The molecule has 6 heteroatoms. The van der Waals surface area contributed by atoms with Gasteiger partial charge in [0.05, 0.1) is 6.20 Å². The number of ketones is 1. The van der Waals surface area contributed by atoms with Crippen molar-refractivity contribution < 1.29 is 15.0 Å². The predicted octanol–water partition coefficient (Wildman–Crippen LogP) is 5.49. The van der Waals surface area contributed by atoms with Crippen LogP contribution in [-0.4, -0.2) is 31.0 Å². The number of phenols is 2. The molecule has 0 amide bonds. The van der Waals surface area contributed by atoms with E-state index in [4.69, 9.17) is 0 Å². The number of rotatable bonds is 5. The Morgan fingerprint density at radius 3 is 2.83 bits per heavy atom. The number of benzene rings is 2. The number of fused-ring (bicyclic) bond motifs is 5. The zero-order chi connectivity index (χ0) is 24.2. The Hall–Kier alpha value is -3.15. The van der Waals surface area contributed by atoms with Crippen LogP contribution in [0.1, 0.15) is 62.5 Å². The van der Waals surface area contributed by atoms with Gasteiger partial charge in [0.1, 0.15) is 23.0 Å². The molecule has 0 radical (unpaired) electrons. The standard InChI is InChI=1S/C29H33N3O3/c1-29-12-11-24-23-10-8-22(34)14-18(23)7-9-25(24)28(29)20(16-27(29)35)5-3-13-32-17-26(30-31-32)19-4-2-6-21(33)15-19/h2,4,6,8,10,14-15,17,20,24-25,28,33-34H,3,5,7,9,11-13,16H2,1H3/t20-,24+,25+,28-,29+/m0/s1. The van der Waals surface area contributed by atoms with Crippen molar-refractivity contribution >= 4 is 5.78 Å². The fourth-order valence-electron chi connectivity index (χ4n) is 7.61. The van der Waals surface area contributed by atoms with Crippen LogP contribution in [0.5, 0.6) is 11.5 Å². The first-order valence-electron chi connectivity index (χ1n) is 13.0. The Kier molecular flexibility index (Phi) is 5.42. The molecule has 0 unspecified atom stereocenters. The maximum atomic E-state index is 13.2. The summed E-state index contributed by atoms with van der Waals surface area (Å²) in [6, 6.07) is 13.0. The molecule has 6 rings (SSSR count). The van der Waals surface area contributed by atoms with E-state index in [9.17, 15) is 15.0 Å². The van der Waals surface area contributed by atoms with Crippen LogP contribution >= 0.6 is 0 Å². The lowest BCUT2D eigenvalue weighted by atomic mass is 9.54. The number of aromatic nitrogens is 3. The number of Topliss-reactive ketones (excluding diaryl/α,β-unsaturated/α-hetero) is 1. The van der Waals surface area contributed by atoms with E-state index in [0.717, 1.165) is 56.3 Å². The Balaban J connectivity index is 1.16. The molecule has 0 spiro atoms. The summed E-state index contributed by atoms with van der Waals surface area (Å²) in [5, 5.41) is 28.3. The number of carbonyl (C=O) groups excluding carboxylic acids is 1. The molecule has 3 aromatic rings. The van der Waals surface area contributed by atoms with Crippen molar-refractivity contribution in [1.29, 1.82) is 0 Å². The highest BCUT2D eigenvalue weighted by Gasteiger charge is 2.58. The van der Waals surface area contributed by atoms with E-state index in [-0.39, 0.29) is 11.2 Å². The van der Waals surface area contributed by atoms with Crippen molar-refractivity contribution in [2.24, 2.45) is 23.2 Å². The second-order valence-electron chi connectivity index (χ2n) is 11.1. The molecule has 5 atom stereocenters. The van der Waals surface area contributed by atoms with E-state index in [2.05, 4.69) is 23.3 Å². The van der Waals surface area contributed by atoms with Gasteiger partial charge < -0.3 is 10.2 Å². The van der Waals surface area contributed by atoms with E-state index < -0.39 is 0 Å². The molecule has 6 nitrogen and oxygen atoms in total. The fourth-order valence-corrected chi connectivity index (χ4v) is 7.61. The largest absolute Gasteiger partial charge is 0.508 e. The molecule has 3 aliphatic carbocycles. The quantitative estimate of drug-likeness (QED) is 0.514. The maximum absolute atomic E-state index is 13.2. The van der Waals surface area contributed by atoms with E-state index in [1.54, 1.807) is 12.1 Å². The van der Waals surface area contributed by atoms with Crippen LogP contribution in [0.15, 0.2) is 48.7 Å². The van der Waals surface area contributed by atoms with Gasteiger partial charge in [-0.2, -0.15) is 0 Å². The van der Waals surface area contributed by atoms with Crippen LogP contribution < -0.4 is 0 Å². The fraction of sp³-hybridized carbons (Fsp3) is 0.483. The molecule has 2 saturated carbocycles. The van der Waals surface area contributed by atoms with Gasteiger partial charge in [-0.1, -0.05) is 30.3 Å². The lowest BCUT2D eigenvalue weighted by Gasteiger charge is -2.50. The number of aromatic hydroxyl groups is 2. The molecule has 0 saturated heterocycles. The highest BCUT2D eigenvalue weighted by atomic mass is 16.3. The average molecular weight is 472 g/mol. The minimum absolute atomic E-state index is 0.185. The molecule has 0 bridgehead atoms. The first-order valence-corrected chi connectivity index (χ1v) is 13.0. The van der Waals surface area contributed by atoms with Crippen molar-refractivity contribution in [3.8, 4) is 22.8 Å². The lowest BCUT2D eigenvalue weighted by Crippen LogP contribution is -2.44. The number of phenolic OH excluding ortho intramolecular Hbond substituents is 2. The second kappa shape index (κ2) is 8.51. The number of nitrogens with zero attached hydrogens (tertiary/aromatic N) is 3. The number of hydrogen-bond donors (Lipinski definition) is 2. The molecule has 1 heterocycles. The molecular weight excluding hydrogens is 438 g/mol. The van der Waals surface area contributed by atoms with Gasteiger partial charge in [0.25, 0.3) is 0 Å². The summed E-state index contributed by atoms with van der Waals surface area (Å²) >= 11 is 0. The van der Waals surface area contributed by atoms with E-state index in [1.165, 1.54) is 11.1 Å². The molecule has 2 fully saturated rings. The molecule has 3 aliphatic rings. The molecule has 2 N–H and O–H groups in total. The minimum Gasteiger partial charge on any atom is -0.508 e. The Labute approximate surface area is 206 Å². The van der Waals surface area contributed by atoms with Gasteiger partial charge in [0.2, 0.25) is 0 Å². The zero-order valence-electron chi connectivity index (χ0n) is 20.2. The molecule has 182 valence electrons. The van der Waals surface area contributed by atoms with Crippen molar-refractivity contribution in [1.82, 2.24) is 15.0 Å². The van der Waals surface area contributed by atoms with Gasteiger partial charge in [0.15, 0.2) is 0 Å². The first-order chi connectivity index (χ1) is 16.9. The minimum atomic E-state index is -0.185. The maximum Gasteiger partial charge on any atom is 0.139 e. The topological polar surface area (TPSA) is 88.2 Å². The third-order valence-electron chi connectivity index (χ3n) is 9.20. The number of aryl methyl sites for hydroxylation is 2. The monoisotopic (exact) mass is 471 g/mol. The zero-order valence-corrected chi connectivity index (χ0v) is 20.2. The van der Waals surface area contributed by atoms with Crippen molar-refractivity contribution in [2.45, 2.75) is 64.3 Å². The van der Waals surface area contributed by atoms with Crippen LogP contribution in [0.4, 0.5) is 0 Å². The van der Waals surface area contributed by atoms with Gasteiger partial charge in [-0.3, -0.25) is 9.48 Å². The number of hydrogen-bond acceptors (Lipinski definition) is 5. The van der Waals surface area contributed by atoms with Crippen LogP contribution in [-0.2, 0) is 17.8 Å². The predicted molar refractivity (Wildman–Crippen MR) is 133 cm³/mol. The summed E-state index contributed by atoms with van der Waals surface area (Å²) in [6.07, 6.45) is 8.79. The third kappa shape index (κ3) is 3.83. The van der Waals surface area contributed by atoms with Gasteiger partial charge in [-0.25, -0.2) is 0 Å². The highest BCUT2D eigenvalue weighted by molar-refractivity contribution is 5.87. The molecule has 1 aromatic heterocycles. The Morgan fingerprint density at radius 1 is 1.11 bits per heavy atom. The van der Waals surface area contributed by atoms with Crippen molar-refractivity contribution in [3.63, 3.8) is 0 Å². The van der Waals surface area contributed by atoms with Crippen LogP contribution in [0.2, 0.25) is 0 Å². The normalized spacial score (nSPS) is 29.5. The third-order valence-corrected chi connectivity index (χ3v) is 9.20. The SMILES string of the molecule is C[C@]12CC[C@@H]3c4ccc(O)cc4CC[C@H]3[C@@H]1[C@@H](CCCn1cc(-c3cccc(O)c3)nn1)CC2=O. The summed E-state index contributed by atoms with van der Waals surface area (Å²) < 4.78 is 1.88. The highest BCUT2D eigenvalue weighted by Crippen LogP contribution is 2.62. The summed E-state index contributed by atoms with van der Waals surface area (Å²) in [5.74, 6) is 2.96. The van der Waals surface area contributed by atoms with E-state index in [1.807, 2.05) is 35.1 Å². The lowest BCUT2D eigenvalue weighted by molar-refractivity contribution is -0.129. The average Bonchev–Trinajstić information content (AvgIpc) is 3.41. The Bertz CT molecular complexity index is 1270. The second-order valence-corrected chi connectivity index (χ2v) is 11.1. The smallest absolute Gasteiger partial charge is 0.139 e. The van der Waals surface area contributed by atoms with Crippen LogP contribution in [0.25, 0.3) is 11.3 Å². The summed E-state index contributed by atoms with van der Waals surface area (Å²) in [7, 11) is 0. The van der Waals surface area contributed by atoms with Crippen LogP contribution in [0, 0.1) is 23.2 Å². The van der Waals surface area contributed by atoms with Gasteiger partial charge in [0, 0.05) is 23.9 Å². The number of carbonyl (C=O) groups is 1. The van der Waals surface area contributed by atoms with Crippen LogP contribution in [0.3, 0.4) is 0 Å². The Morgan fingerprint density at radius 2 is 1.97 bits per heavy atom.